The van der Waals surface area contributed by atoms with Gasteiger partial charge in [0.05, 0.1) is 23.2 Å². The summed E-state index contributed by atoms with van der Waals surface area (Å²) in [4.78, 5) is 0. The van der Waals surface area contributed by atoms with Crippen LogP contribution >= 0.6 is 11.6 Å². The largest absolute Gasteiger partial charge is 0.477 e. The van der Waals surface area contributed by atoms with Gasteiger partial charge >= 0.3 is 7.12 Å². The van der Waals surface area contributed by atoms with Crippen LogP contribution in [-0.4, -0.2) is 24.1 Å². The molecule has 0 amide bonds. The zero-order chi connectivity index (χ0) is 17.9. The van der Waals surface area contributed by atoms with Crippen molar-refractivity contribution in [2.75, 3.05) is 0 Å². The molecule has 4 saturated carbocycles. The van der Waals surface area contributed by atoms with Crippen LogP contribution in [0.4, 0.5) is 0 Å². The number of hydrogen-bond acceptors (Lipinski definition) is 3. The summed E-state index contributed by atoms with van der Waals surface area (Å²) in [6.07, 6.45) is 6.47. The minimum Gasteiger partial charge on any atom is -0.464 e. The Morgan fingerprint density at radius 3 is 3.00 bits per heavy atom. The van der Waals surface area contributed by atoms with Gasteiger partial charge in [0, 0.05) is 10.8 Å². The first-order chi connectivity index (χ1) is 12.4. The smallest absolute Gasteiger partial charge is 0.464 e. The molecule has 0 unspecified atom stereocenters. The van der Waals surface area contributed by atoms with Crippen molar-refractivity contribution in [3.63, 3.8) is 0 Å². The van der Waals surface area contributed by atoms with Crippen LogP contribution in [-0.2, 0) is 15.7 Å². The molecule has 5 heteroatoms. The van der Waals surface area contributed by atoms with E-state index in [0.29, 0.717) is 17.3 Å². The van der Waals surface area contributed by atoms with Gasteiger partial charge in [-0.25, -0.2) is 0 Å². The lowest BCUT2D eigenvalue weighted by molar-refractivity contribution is -0.154. The first kappa shape index (κ1) is 16.0. The van der Waals surface area contributed by atoms with E-state index in [-0.39, 0.29) is 24.1 Å². The molecule has 136 valence electrons. The zero-order valence-corrected chi connectivity index (χ0v) is 16.3. The van der Waals surface area contributed by atoms with E-state index in [2.05, 4.69) is 26.8 Å². The Hall–Kier alpha value is -0.965. The predicted molar refractivity (Wildman–Crippen MR) is 102 cm³/mol. The predicted octanol–water partition coefficient (Wildman–Crippen LogP) is 4.91. The van der Waals surface area contributed by atoms with Crippen molar-refractivity contribution in [2.45, 2.75) is 63.4 Å². The SMILES string of the molecule is Cc1cccc2occ(C[C@@H](Cl)B3O[C@@H]4C[C@@H]5C[C@@]6(C[C@@]56C)[C@]4(C)O3)c12. The quantitative estimate of drug-likeness (QED) is 0.568. The highest BCUT2D eigenvalue weighted by atomic mass is 35.5. The molecule has 6 atom stereocenters. The number of furan rings is 1. The summed E-state index contributed by atoms with van der Waals surface area (Å²) >= 11 is 6.82. The minimum atomic E-state index is -0.334. The van der Waals surface area contributed by atoms with E-state index in [9.17, 15) is 0 Å². The maximum Gasteiger partial charge on any atom is 0.477 e. The molecule has 2 bridgehead atoms. The van der Waals surface area contributed by atoms with Gasteiger partial charge in [-0.2, -0.15) is 0 Å². The Bertz CT molecular complexity index is 923. The van der Waals surface area contributed by atoms with Crippen molar-refractivity contribution in [3.8, 4) is 0 Å². The van der Waals surface area contributed by atoms with Crippen molar-refractivity contribution < 1.29 is 13.7 Å². The third kappa shape index (κ3) is 1.66. The maximum atomic E-state index is 6.82. The van der Waals surface area contributed by atoms with E-state index in [1.165, 1.54) is 23.8 Å². The molecule has 1 spiro atoms. The summed E-state index contributed by atoms with van der Waals surface area (Å²) in [5.41, 5.74) is 3.96. The van der Waals surface area contributed by atoms with E-state index in [1.54, 1.807) is 0 Å². The van der Waals surface area contributed by atoms with Crippen LogP contribution in [0.5, 0.6) is 0 Å². The molecule has 1 aliphatic heterocycles. The monoisotopic (exact) mass is 370 g/mol. The molecular weight excluding hydrogens is 346 g/mol. The fourth-order valence-corrected chi connectivity index (χ4v) is 7.06. The average Bonchev–Trinajstić information content (AvgIpc) is 2.95. The maximum absolute atomic E-state index is 6.82. The molecule has 4 aliphatic carbocycles. The second kappa shape index (κ2) is 4.71. The molecule has 7 rings (SSSR count). The Morgan fingerprint density at radius 2 is 2.19 bits per heavy atom. The van der Waals surface area contributed by atoms with Gasteiger partial charge in [0.2, 0.25) is 0 Å². The van der Waals surface area contributed by atoms with E-state index >= 15 is 0 Å². The van der Waals surface area contributed by atoms with Gasteiger partial charge in [0.15, 0.2) is 0 Å². The van der Waals surface area contributed by atoms with Crippen molar-refractivity contribution in [3.05, 3.63) is 35.6 Å². The van der Waals surface area contributed by atoms with Crippen LogP contribution in [0.1, 0.15) is 44.2 Å². The van der Waals surface area contributed by atoms with Crippen LogP contribution in [0, 0.1) is 23.7 Å². The Morgan fingerprint density at radius 1 is 1.35 bits per heavy atom. The molecule has 1 saturated heterocycles. The van der Waals surface area contributed by atoms with E-state index in [0.717, 1.165) is 23.5 Å². The lowest BCUT2D eigenvalue weighted by atomic mass is 9.51. The van der Waals surface area contributed by atoms with Gasteiger partial charge in [-0.05, 0) is 68.1 Å². The van der Waals surface area contributed by atoms with Crippen molar-refractivity contribution in [2.24, 2.45) is 16.7 Å². The number of aryl methyl sites for hydroxylation is 1. The molecule has 0 radical (unpaired) electrons. The molecule has 0 N–H and O–H groups in total. The highest BCUT2D eigenvalue weighted by Crippen LogP contribution is 2.89. The van der Waals surface area contributed by atoms with Crippen LogP contribution in [0.3, 0.4) is 0 Å². The van der Waals surface area contributed by atoms with Gasteiger partial charge in [-0.1, -0.05) is 19.1 Å². The number of rotatable bonds is 3. The molecular formula is C21H24BClO3. The molecule has 5 fully saturated rings. The normalized spacial score (nSPS) is 43.8. The Balaban J connectivity index is 1.26. The van der Waals surface area contributed by atoms with Crippen molar-refractivity contribution in [1.82, 2.24) is 0 Å². The summed E-state index contributed by atoms with van der Waals surface area (Å²) in [6.45, 7) is 6.83. The highest BCUT2D eigenvalue weighted by molar-refractivity contribution is 6.60. The Kier molecular flexibility index (Phi) is 2.90. The lowest BCUT2D eigenvalue weighted by Crippen LogP contribution is -2.61. The average molecular weight is 371 g/mol. The number of hydrogen-bond donors (Lipinski definition) is 0. The van der Waals surface area contributed by atoms with Crippen LogP contribution < -0.4 is 0 Å². The molecule has 1 aromatic carbocycles. The standard InChI is InChI=1S/C21H24BClO3/c1-12-5-4-6-15-18(12)13(10-24-15)7-17(23)22-25-16-8-14-9-21(11-19(14,21)2)20(16,3)26-22/h4-6,10,14,16-17H,7-9,11H2,1-3H3/t14-,16-,17-,19+,20-,21+/m1/s1. The molecule has 3 nitrogen and oxygen atoms in total. The summed E-state index contributed by atoms with van der Waals surface area (Å²) < 4.78 is 18.7. The Labute approximate surface area is 159 Å². The summed E-state index contributed by atoms with van der Waals surface area (Å²) in [6, 6.07) is 6.15. The number of halogens is 1. The topological polar surface area (TPSA) is 31.6 Å². The van der Waals surface area contributed by atoms with Gasteiger partial charge in [-0.3, -0.25) is 0 Å². The second-order valence-corrected chi connectivity index (χ2v) is 10.0. The summed E-state index contributed by atoms with van der Waals surface area (Å²) in [7, 11) is -0.334. The van der Waals surface area contributed by atoms with Gasteiger partial charge in [-0.15, -0.1) is 11.6 Å². The van der Waals surface area contributed by atoms with E-state index < -0.39 is 0 Å². The van der Waals surface area contributed by atoms with Crippen molar-refractivity contribution in [1.29, 1.82) is 0 Å². The molecule has 2 aromatic rings. The fraction of sp³-hybridized carbons (Fsp3) is 0.619. The number of benzene rings is 1. The van der Waals surface area contributed by atoms with Crippen LogP contribution in [0.25, 0.3) is 11.0 Å². The zero-order valence-electron chi connectivity index (χ0n) is 15.5. The van der Waals surface area contributed by atoms with Crippen LogP contribution in [0.15, 0.2) is 28.9 Å². The minimum absolute atomic E-state index is 0.164. The van der Waals surface area contributed by atoms with E-state index in [4.69, 9.17) is 25.3 Å². The van der Waals surface area contributed by atoms with E-state index in [1.807, 2.05) is 18.4 Å². The summed E-state index contributed by atoms with van der Waals surface area (Å²) in [5.74, 6) is 0.817. The first-order valence-electron chi connectivity index (χ1n) is 9.81. The molecule has 2 heterocycles. The van der Waals surface area contributed by atoms with Gasteiger partial charge in [0.1, 0.15) is 5.58 Å². The molecule has 26 heavy (non-hydrogen) atoms. The van der Waals surface area contributed by atoms with Crippen molar-refractivity contribution >= 4 is 29.7 Å². The third-order valence-electron chi connectivity index (χ3n) is 8.45. The highest BCUT2D eigenvalue weighted by Gasteiger charge is 2.87. The number of fused-ring (bicyclic) bond motifs is 1. The third-order valence-corrected chi connectivity index (χ3v) is 8.81. The molecule has 1 aromatic heterocycles. The fourth-order valence-electron chi connectivity index (χ4n) is 6.78. The first-order valence-corrected chi connectivity index (χ1v) is 10.2. The molecule has 5 aliphatic rings. The van der Waals surface area contributed by atoms with Gasteiger partial charge in [0.25, 0.3) is 0 Å². The lowest BCUT2D eigenvalue weighted by Gasteiger charge is -2.58. The number of alkyl halides is 1. The van der Waals surface area contributed by atoms with Gasteiger partial charge < -0.3 is 13.7 Å². The van der Waals surface area contributed by atoms with Crippen LogP contribution in [0.2, 0.25) is 0 Å². The summed E-state index contributed by atoms with van der Waals surface area (Å²) in [5, 5.41) is 0.965. The second-order valence-electron chi connectivity index (χ2n) is 9.46.